The van der Waals surface area contributed by atoms with E-state index in [2.05, 4.69) is 36.3 Å². The zero-order chi connectivity index (χ0) is 18.7. The van der Waals surface area contributed by atoms with Crippen molar-refractivity contribution in [3.05, 3.63) is 47.3 Å². The largest absolute Gasteiger partial charge is 0.416 e. The molecule has 2 nitrogen and oxygen atoms in total. The summed E-state index contributed by atoms with van der Waals surface area (Å²) < 4.78 is 41.8. The average molecular weight is 362 g/mol. The summed E-state index contributed by atoms with van der Waals surface area (Å²) >= 11 is 0. The maximum atomic E-state index is 13.2. The van der Waals surface area contributed by atoms with Gasteiger partial charge in [0.05, 0.1) is 5.56 Å². The lowest BCUT2D eigenvalue weighted by atomic mass is 10.0. The van der Waals surface area contributed by atoms with Gasteiger partial charge in [0.1, 0.15) is 0 Å². The van der Waals surface area contributed by atoms with Gasteiger partial charge in [-0.3, -0.25) is 4.90 Å². The second-order valence-electron chi connectivity index (χ2n) is 8.53. The molecule has 0 saturated heterocycles. The Morgan fingerprint density at radius 1 is 1.00 bits per heavy atom. The molecule has 1 fully saturated rings. The van der Waals surface area contributed by atoms with E-state index < -0.39 is 11.7 Å². The van der Waals surface area contributed by atoms with Crippen LogP contribution in [0.15, 0.2) is 30.3 Å². The van der Waals surface area contributed by atoms with Crippen molar-refractivity contribution < 1.29 is 13.2 Å². The van der Waals surface area contributed by atoms with Crippen molar-refractivity contribution in [1.82, 2.24) is 9.47 Å². The van der Waals surface area contributed by atoms with Crippen LogP contribution < -0.4 is 0 Å². The minimum absolute atomic E-state index is 0.0889. The maximum absolute atomic E-state index is 13.2. The highest BCUT2D eigenvalue weighted by molar-refractivity contribution is 5.70. The zero-order valence-electron chi connectivity index (χ0n) is 15.5. The lowest BCUT2D eigenvalue weighted by Crippen LogP contribution is -2.45. The van der Waals surface area contributed by atoms with Crippen LogP contribution in [0.25, 0.3) is 11.1 Å². The Morgan fingerprint density at radius 3 is 2.35 bits per heavy atom. The van der Waals surface area contributed by atoms with Crippen molar-refractivity contribution in [2.24, 2.45) is 0 Å². The predicted octanol–water partition coefficient (Wildman–Crippen LogP) is 5.67. The number of fused-ring (bicyclic) bond motifs is 1. The highest BCUT2D eigenvalue weighted by Crippen LogP contribution is 2.47. The Balaban J connectivity index is 1.78. The number of rotatable bonds is 2. The van der Waals surface area contributed by atoms with E-state index in [1.54, 1.807) is 0 Å². The molecule has 1 aromatic carbocycles. The van der Waals surface area contributed by atoms with Gasteiger partial charge in [-0.15, -0.1) is 0 Å². The monoisotopic (exact) mass is 362 g/mol. The third-order valence-corrected chi connectivity index (χ3v) is 5.58. The number of aromatic nitrogens is 1. The third-order valence-electron chi connectivity index (χ3n) is 5.58. The highest BCUT2D eigenvalue weighted by atomic mass is 19.4. The Hall–Kier alpha value is -1.75. The first-order valence-corrected chi connectivity index (χ1v) is 9.29. The second-order valence-corrected chi connectivity index (χ2v) is 8.53. The van der Waals surface area contributed by atoms with Crippen LogP contribution >= 0.6 is 0 Å². The summed E-state index contributed by atoms with van der Waals surface area (Å²) in [7, 11) is 0. The molecule has 1 aromatic heterocycles. The Labute approximate surface area is 152 Å². The molecule has 140 valence electrons. The van der Waals surface area contributed by atoms with Crippen LogP contribution in [0.4, 0.5) is 13.2 Å². The molecule has 0 atom stereocenters. The topological polar surface area (TPSA) is 8.17 Å². The molecule has 1 aliphatic heterocycles. The van der Waals surface area contributed by atoms with E-state index in [0.717, 1.165) is 44.1 Å². The van der Waals surface area contributed by atoms with Gasteiger partial charge in [0.25, 0.3) is 0 Å². The first-order valence-electron chi connectivity index (χ1n) is 9.29. The molecule has 2 heterocycles. The molecule has 0 bridgehead atoms. The first-order chi connectivity index (χ1) is 12.1. The predicted molar refractivity (Wildman–Crippen MR) is 97.0 cm³/mol. The van der Waals surface area contributed by atoms with E-state index in [4.69, 9.17) is 0 Å². The van der Waals surface area contributed by atoms with Crippen LogP contribution in [0.1, 0.15) is 56.5 Å². The van der Waals surface area contributed by atoms with Crippen LogP contribution in [-0.2, 0) is 19.3 Å². The number of hydrogen-bond donors (Lipinski definition) is 0. The van der Waals surface area contributed by atoms with Crippen molar-refractivity contribution >= 4 is 0 Å². The molecule has 0 spiro atoms. The summed E-state index contributed by atoms with van der Waals surface area (Å²) in [6.07, 6.45) is -2.03. The summed E-state index contributed by atoms with van der Waals surface area (Å²) in [6, 6.07) is 7.91. The minimum Gasteiger partial charge on any atom is -0.345 e. The molecular formula is C21H25F3N2. The van der Waals surface area contributed by atoms with Gasteiger partial charge in [0.2, 0.25) is 0 Å². The lowest BCUT2D eigenvalue weighted by molar-refractivity contribution is -0.137. The van der Waals surface area contributed by atoms with E-state index in [1.165, 1.54) is 23.5 Å². The SMILES string of the molecule is CC(C)(C)N1CCn2c(cc(-c3cccc(C(F)(F)F)c3)c2C2CC2)C1. The molecule has 2 aromatic rings. The molecule has 1 aliphatic carbocycles. The van der Waals surface area contributed by atoms with Crippen molar-refractivity contribution in [2.75, 3.05) is 6.54 Å². The van der Waals surface area contributed by atoms with E-state index in [-0.39, 0.29) is 5.54 Å². The molecule has 0 unspecified atom stereocenters. The van der Waals surface area contributed by atoms with Gasteiger partial charge in [-0.1, -0.05) is 12.1 Å². The number of nitrogens with zero attached hydrogens (tertiary/aromatic N) is 2. The maximum Gasteiger partial charge on any atom is 0.416 e. The smallest absolute Gasteiger partial charge is 0.345 e. The number of alkyl halides is 3. The van der Waals surface area contributed by atoms with Gasteiger partial charge >= 0.3 is 6.18 Å². The molecule has 0 radical (unpaired) electrons. The number of benzene rings is 1. The highest BCUT2D eigenvalue weighted by Gasteiger charge is 2.36. The molecule has 1 saturated carbocycles. The second kappa shape index (κ2) is 5.88. The van der Waals surface area contributed by atoms with Gasteiger partial charge in [-0.25, -0.2) is 0 Å². The van der Waals surface area contributed by atoms with Crippen LogP contribution in [-0.4, -0.2) is 21.6 Å². The Kier molecular flexibility index (Phi) is 3.99. The summed E-state index contributed by atoms with van der Waals surface area (Å²) in [4.78, 5) is 2.44. The normalized spacial score (nSPS) is 18.8. The summed E-state index contributed by atoms with van der Waals surface area (Å²) in [5.41, 5.74) is 3.66. The van der Waals surface area contributed by atoms with Crippen LogP contribution in [0.2, 0.25) is 0 Å². The van der Waals surface area contributed by atoms with Crippen LogP contribution in [0, 0.1) is 0 Å². The Bertz CT molecular complexity index is 823. The van der Waals surface area contributed by atoms with E-state index in [9.17, 15) is 13.2 Å². The molecule has 2 aliphatic rings. The van der Waals surface area contributed by atoms with Gasteiger partial charge in [0.15, 0.2) is 0 Å². The molecular weight excluding hydrogens is 337 g/mol. The lowest BCUT2D eigenvalue weighted by Gasteiger charge is -2.39. The molecule has 0 amide bonds. The summed E-state index contributed by atoms with van der Waals surface area (Å²) in [6.45, 7) is 9.37. The van der Waals surface area contributed by atoms with Gasteiger partial charge < -0.3 is 4.57 Å². The molecule has 4 rings (SSSR count). The fourth-order valence-corrected chi connectivity index (χ4v) is 3.97. The molecule has 0 N–H and O–H groups in total. The fraction of sp³-hybridized carbons (Fsp3) is 0.524. The van der Waals surface area contributed by atoms with Crippen molar-refractivity contribution in [3.63, 3.8) is 0 Å². The Morgan fingerprint density at radius 2 is 1.73 bits per heavy atom. The number of hydrogen-bond acceptors (Lipinski definition) is 1. The standard InChI is InChI=1S/C21H25F3N2/c1-20(2,3)25-9-10-26-17(13-25)12-18(19(26)14-7-8-14)15-5-4-6-16(11-15)21(22,23)24/h4-6,11-12,14H,7-10,13H2,1-3H3. The summed E-state index contributed by atoms with van der Waals surface area (Å²) in [5.74, 6) is 0.495. The van der Waals surface area contributed by atoms with E-state index in [1.807, 2.05) is 6.07 Å². The quantitative estimate of drug-likeness (QED) is 0.669. The first kappa shape index (κ1) is 17.7. The van der Waals surface area contributed by atoms with Crippen LogP contribution in [0.3, 0.4) is 0 Å². The van der Waals surface area contributed by atoms with Crippen molar-refractivity contribution in [1.29, 1.82) is 0 Å². The third kappa shape index (κ3) is 3.18. The van der Waals surface area contributed by atoms with Gasteiger partial charge in [-0.2, -0.15) is 13.2 Å². The average Bonchev–Trinajstić information content (AvgIpc) is 3.32. The molecule has 5 heteroatoms. The van der Waals surface area contributed by atoms with Crippen molar-refractivity contribution in [3.8, 4) is 11.1 Å². The van der Waals surface area contributed by atoms with E-state index >= 15 is 0 Å². The summed E-state index contributed by atoms with van der Waals surface area (Å²) in [5, 5.41) is 0. The van der Waals surface area contributed by atoms with Gasteiger partial charge in [-0.05, 0) is 63.3 Å². The number of halogens is 3. The van der Waals surface area contributed by atoms with E-state index in [0.29, 0.717) is 11.5 Å². The molecule has 26 heavy (non-hydrogen) atoms. The van der Waals surface area contributed by atoms with Crippen LogP contribution in [0.5, 0.6) is 0 Å². The van der Waals surface area contributed by atoms with Gasteiger partial charge in [0, 0.05) is 42.1 Å². The zero-order valence-corrected chi connectivity index (χ0v) is 15.5. The minimum atomic E-state index is -4.31. The van der Waals surface area contributed by atoms with Crippen molar-refractivity contribution in [2.45, 2.75) is 64.3 Å². The fourth-order valence-electron chi connectivity index (χ4n) is 3.97.